The van der Waals surface area contributed by atoms with Gasteiger partial charge in [-0.1, -0.05) is 50.5 Å². The fourth-order valence-corrected chi connectivity index (χ4v) is 3.53. The van der Waals surface area contributed by atoms with Crippen LogP contribution >= 0.6 is 0 Å². The zero-order valence-electron chi connectivity index (χ0n) is 17.7. The number of para-hydroxylation sites is 2. The molecule has 1 unspecified atom stereocenters. The monoisotopic (exact) mass is 422 g/mol. The van der Waals surface area contributed by atoms with Crippen molar-refractivity contribution in [2.24, 2.45) is 5.92 Å². The predicted molar refractivity (Wildman–Crippen MR) is 117 cm³/mol. The minimum Gasteiger partial charge on any atom is -0.462 e. The average Bonchev–Trinajstić information content (AvgIpc) is 2.78. The second-order valence-electron chi connectivity index (χ2n) is 7.44. The lowest BCUT2D eigenvalue weighted by Gasteiger charge is -2.29. The minimum absolute atomic E-state index is 0.177. The average molecular weight is 422 g/mol. The van der Waals surface area contributed by atoms with Crippen LogP contribution in [0.3, 0.4) is 0 Å². The van der Waals surface area contributed by atoms with E-state index in [1.54, 1.807) is 42.5 Å². The van der Waals surface area contributed by atoms with Crippen LogP contribution in [0.1, 0.15) is 53.3 Å². The van der Waals surface area contributed by atoms with Crippen LogP contribution in [0.4, 0.5) is 11.4 Å². The summed E-state index contributed by atoms with van der Waals surface area (Å²) in [5.41, 5.74) is 1.15. The molecule has 0 saturated heterocycles. The molecule has 0 bridgehead atoms. The van der Waals surface area contributed by atoms with Crippen molar-refractivity contribution in [1.29, 1.82) is 0 Å². The Morgan fingerprint density at radius 2 is 1.71 bits per heavy atom. The topological polar surface area (TPSA) is 92.8 Å². The van der Waals surface area contributed by atoms with Gasteiger partial charge >= 0.3 is 5.97 Å². The summed E-state index contributed by atoms with van der Waals surface area (Å²) in [5.74, 6) is -4.03. The summed E-state index contributed by atoms with van der Waals surface area (Å²) in [6.45, 7) is 2.39. The number of nitrogens with one attached hydrogen (secondary N) is 1. The molecule has 7 heteroatoms. The first-order valence-corrected chi connectivity index (χ1v) is 10.4. The van der Waals surface area contributed by atoms with Crippen LogP contribution in [0.5, 0.6) is 0 Å². The van der Waals surface area contributed by atoms with Crippen molar-refractivity contribution >= 4 is 34.9 Å². The van der Waals surface area contributed by atoms with Gasteiger partial charge < -0.3 is 15.0 Å². The molecule has 1 aliphatic heterocycles. The van der Waals surface area contributed by atoms with E-state index < -0.39 is 29.5 Å². The Kier molecular flexibility index (Phi) is 7.18. The number of rotatable bonds is 8. The van der Waals surface area contributed by atoms with Gasteiger partial charge in [0, 0.05) is 12.6 Å². The number of carbonyl (C=O) groups excluding carboxylic acids is 4. The lowest BCUT2D eigenvalue weighted by Crippen LogP contribution is -2.48. The molecule has 0 fully saturated rings. The molecule has 1 N–H and O–H groups in total. The number of carbonyl (C=O) groups is 4. The Balaban J connectivity index is 1.75. The number of amides is 2. The van der Waals surface area contributed by atoms with Gasteiger partial charge in [0.05, 0.1) is 23.5 Å². The van der Waals surface area contributed by atoms with Crippen molar-refractivity contribution < 1.29 is 23.9 Å². The Hall–Kier alpha value is -3.48. The first-order chi connectivity index (χ1) is 15.0. The van der Waals surface area contributed by atoms with Gasteiger partial charge in [0.2, 0.25) is 11.8 Å². The molecule has 0 spiro atoms. The number of ketones is 1. The maximum absolute atomic E-state index is 12.9. The van der Waals surface area contributed by atoms with Gasteiger partial charge in [-0.2, -0.15) is 0 Å². The Morgan fingerprint density at radius 1 is 1.00 bits per heavy atom. The molecular formula is C24H26N2O5. The molecule has 0 aromatic heterocycles. The smallest absolute Gasteiger partial charge is 0.340 e. The SMILES string of the molecule is CCCCCCOC(=O)c1ccccc1NC(=O)C1C(=O)c2ccccc2N(C)C1=O. The zero-order valence-corrected chi connectivity index (χ0v) is 17.7. The molecule has 2 aromatic rings. The first kappa shape index (κ1) is 22.2. The normalized spacial score (nSPS) is 15.4. The zero-order chi connectivity index (χ0) is 22.4. The molecular weight excluding hydrogens is 396 g/mol. The van der Waals surface area contributed by atoms with Crippen molar-refractivity contribution in [3.63, 3.8) is 0 Å². The second-order valence-corrected chi connectivity index (χ2v) is 7.44. The van der Waals surface area contributed by atoms with Gasteiger partial charge in [0.15, 0.2) is 11.7 Å². The number of fused-ring (bicyclic) bond motifs is 1. The van der Waals surface area contributed by atoms with Crippen molar-refractivity contribution in [3.05, 3.63) is 59.7 Å². The van der Waals surface area contributed by atoms with Crippen LogP contribution in [0.25, 0.3) is 0 Å². The van der Waals surface area contributed by atoms with Crippen molar-refractivity contribution in [3.8, 4) is 0 Å². The molecule has 2 aromatic carbocycles. The number of ether oxygens (including phenoxy) is 1. The third kappa shape index (κ3) is 4.82. The summed E-state index contributed by atoms with van der Waals surface area (Å²) in [4.78, 5) is 52.3. The van der Waals surface area contributed by atoms with Gasteiger partial charge in [0.1, 0.15) is 0 Å². The minimum atomic E-state index is -1.52. The van der Waals surface area contributed by atoms with Crippen LogP contribution in [0, 0.1) is 5.92 Å². The first-order valence-electron chi connectivity index (χ1n) is 10.4. The lowest BCUT2D eigenvalue weighted by molar-refractivity contribution is -0.128. The molecule has 1 atom stereocenters. The number of hydrogen-bond donors (Lipinski definition) is 1. The van der Waals surface area contributed by atoms with Crippen LogP contribution in [0.2, 0.25) is 0 Å². The molecule has 0 aliphatic carbocycles. The van der Waals surface area contributed by atoms with Gasteiger partial charge in [0.25, 0.3) is 0 Å². The standard InChI is InChI=1S/C24H26N2O5/c1-3-4-5-10-15-31-24(30)16-11-6-8-13-18(16)25-22(28)20-21(27)17-12-7-9-14-19(17)26(2)23(20)29/h6-9,11-14,20H,3-5,10,15H2,1-2H3,(H,25,28). The summed E-state index contributed by atoms with van der Waals surface area (Å²) in [6, 6.07) is 13.0. The van der Waals surface area contributed by atoms with Gasteiger partial charge in [-0.25, -0.2) is 4.79 Å². The number of unbranched alkanes of at least 4 members (excludes halogenated alkanes) is 3. The van der Waals surface area contributed by atoms with Crippen LogP contribution in [-0.4, -0.2) is 37.2 Å². The van der Waals surface area contributed by atoms with Gasteiger partial charge in [-0.15, -0.1) is 0 Å². The van der Waals surface area contributed by atoms with E-state index in [2.05, 4.69) is 12.2 Å². The Morgan fingerprint density at radius 3 is 2.48 bits per heavy atom. The third-order valence-electron chi connectivity index (χ3n) is 5.27. The third-order valence-corrected chi connectivity index (χ3v) is 5.27. The highest BCUT2D eigenvalue weighted by Crippen LogP contribution is 2.30. The molecule has 162 valence electrons. The summed E-state index contributed by atoms with van der Waals surface area (Å²) < 4.78 is 5.32. The van der Waals surface area contributed by atoms with E-state index in [1.807, 2.05) is 0 Å². The van der Waals surface area contributed by atoms with Crippen molar-refractivity contribution in [2.45, 2.75) is 32.6 Å². The van der Waals surface area contributed by atoms with Crippen LogP contribution < -0.4 is 10.2 Å². The molecule has 7 nitrogen and oxygen atoms in total. The molecule has 3 rings (SSSR count). The molecule has 2 amide bonds. The quantitative estimate of drug-likeness (QED) is 0.396. The summed E-state index contributed by atoms with van der Waals surface area (Å²) in [5, 5.41) is 2.58. The molecule has 0 radical (unpaired) electrons. The molecule has 0 saturated carbocycles. The highest BCUT2D eigenvalue weighted by molar-refractivity contribution is 6.32. The van der Waals surface area contributed by atoms with E-state index >= 15 is 0 Å². The van der Waals surface area contributed by atoms with E-state index in [0.717, 1.165) is 25.7 Å². The van der Waals surface area contributed by atoms with Crippen molar-refractivity contribution in [2.75, 3.05) is 23.9 Å². The largest absolute Gasteiger partial charge is 0.462 e. The Bertz CT molecular complexity index is 1000. The Labute approximate surface area is 181 Å². The van der Waals surface area contributed by atoms with Crippen LogP contribution in [-0.2, 0) is 14.3 Å². The molecule has 1 heterocycles. The number of hydrogen-bond acceptors (Lipinski definition) is 5. The summed E-state index contributed by atoms with van der Waals surface area (Å²) >= 11 is 0. The highest BCUT2D eigenvalue weighted by atomic mass is 16.5. The van der Waals surface area contributed by atoms with Gasteiger partial charge in [-0.3, -0.25) is 14.4 Å². The maximum atomic E-state index is 12.9. The van der Waals surface area contributed by atoms with E-state index in [4.69, 9.17) is 4.74 Å². The predicted octanol–water partition coefficient (Wildman–Crippen LogP) is 3.84. The number of anilines is 2. The van der Waals surface area contributed by atoms with Crippen LogP contribution in [0.15, 0.2) is 48.5 Å². The second kappa shape index (κ2) is 10.0. The molecule has 31 heavy (non-hydrogen) atoms. The lowest BCUT2D eigenvalue weighted by atomic mass is 9.89. The number of esters is 1. The number of benzene rings is 2. The fourth-order valence-electron chi connectivity index (χ4n) is 3.53. The van der Waals surface area contributed by atoms with Crippen molar-refractivity contribution in [1.82, 2.24) is 0 Å². The molecule has 1 aliphatic rings. The summed E-state index contributed by atoms with van der Waals surface area (Å²) in [6.07, 6.45) is 3.90. The summed E-state index contributed by atoms with van der Waals surface area (Å²) in [7, 11) is 1.53. The number of nitrogens with zero attached hydrogens (tertiary/aromatic N) is 1. The van der Waals surface area contributed by atoms with E-state index in [0.29, 0.717) is 17.9 Å². The van der Waals surface area contributed by atoms with E-state index in [1.165, 1.54) is 18.0 Å². The number of Topliss-reactive ketones (excluding diaryl/α,β-unsaturated/α-hetero) is 1. The van der Waals surface area contributed by atoms with E-state index in [-0.39, 0.29) is 11.3 Å². The fraction of sp³-hybridized carbons (Fsp3) is 0.333. The maximum Gasteiger partial charge on any atom is 0.340 e. The van der Waals surface area contributed by atoms with Gasteiger partial charge in [-0.05, 0) is 30.7 Å². The highest BCUT2D eigenvalue weighted by Gasteiger charge is 2.42. The van der Waals surface area contributed by atoms with E-state index in [9.17, 15) is 19.2 Å².